The molecule has 2 aliphatic heterocycles. The summed E-state index contributed by atoms with van der Waals surface area (Å²) in [7, 11) is 0.492. The first-order chi connectivity index (χ1) is 19.5. The van der Waals surface area contributed by atoms with Crippen molar-refractivity contribution in [3.05, 3.63) is 42.0 Å². The fraction of sp³-hybridized carbons (Fsp3) is 0.500. The smallest absolute Gasteiger partial charge is 0.278 e. The first-order valence-electron chi connectivity index (χ1n) is 13.7. The highest BCUT2D eigenvalue weighted by Crippen LogP contribution is 2.28. The second-order valence-corrected chi connectivity index (χ2v) is 14.3. The quantitative estimate of drug-likeness (QED) is 0.349. The molecule has 2 fully saturated rings. The number of rotatable bonds is 10. The second kappa shape index (κ2) is 12.0. The average molecular weight is 601 g/mol. The van der Waals surface area contributed by atoms with Crippen LogP contribution >= 0.6 is 11.3 Å². The lowest BCUT2D eigenvalue weighted by atomic mass is 10.1. The molecule has 220 valence electrons. The van der Waals surface area contributed by atoms with Gasteiger partial charge < -0.3 is 14.4 Å². The van der Waals surface area contributed by atoms with Crippen molar-refractivity contribution in [3.8, 4) is 5.88 Å². The average Bonchev–Trinajstić information content (AvgIpc) is 3.72. The van der Waals surface area contributed by atoms with Gasteiger partial charge in [0, 0.05) is 36.9 Å². The van der Waals surface area contributed by atoms with Crippen molar-refractivity contribution < 1.29 is 22.7 Å². The zero-order chi connectivity index (χ0) is 29.2. The van der Waals surface area contributed by atoms with Crippen LogP contribution < -0.4 is 10.1 Å². The number of ether oxygens (including phenoxy) is 2. The predicted molar refractivity (Wildman–Crippen MR) is 160 cm³/mol. The molecule has 0 spiro atoms. The van der Waals surface area contributed by atoms with Gasteiger partial charge in [-0.1, -0.05) is 23.5 Å². The fourth-order valence-electron chi connectivity index (χ4n) is 4.40. The van der Waals surface area contributed by atoms with Gasteiger partial charge in [0.25, 0.3) is 5.91 Å². The van der Waals surface area contributed by atoms with Gasteiger partial charge >= 0.3 is 0 Å². The molecule has 5 rings (SSSR count). The first kappa shape index (κ1) is 29.4. The summed E-state index contributed by atoms with van der Waals surface area (Å²) in [5.41, 5.74) is 1.20. The number of benzene rings is 1. The molecule has 0 bridgehead atoms. The van der Waals surface area contributed by atoms with Crippen molar-refractivity contribution in [2.45, 2.75) is 48.8 Å². The van der Waals surface area contributed by atoms with Gasteiger partial charge in [-0.15, -0.1) is 0 Å². The number of hydrogen-bond acceptors (Lipinski definition) is 11. The molecule has 0 unspecified atom stereocenters. The van der Waals surface area contributed by atoms with Crippen LogP contribution in [0, 0.1) is 0 Å². The third-order valence-corrected chi connectivity index (χ3v) is 10.6. The van der Waals surface area contributed by atoms with Crippen molar-refractivity contribution in [2.24, 2.45) is 5.10 Å². The lowest BCUT2D eigenvalue weighted by Crippen LogP contribution is -2.43. The number of hydrazone groups is 1. The number of amides is 1. The predicted octanol–water partition coefficient (Wildman–Crippen LogP) is 3.41. The molecule has 13 heteroatoms. The lowest BCUT2D eigenvalue weighted by Gasteiger charge is -2.31. The van der Waals surface area contributed by atoms with Crippen LogP contribution in [0.1, 0.15) is 38.7 Å². The largest absolute Gasteiger partial charge is 0.476 e. The Morgan fingerprint density at radius 3 is 2.56 bits per heavy atom. The molecule has 0 aliphatic carbocycles. The minimum absolute atomic E-state index is 0.165. The van der Waals surface area contributed by atoms with E-state index in [1.54, 1.807) is 18.2 Å². The number of carbonyl (C=O) groups excluding carboxylic acids is 1. The number of likely N-dealkylation sites (N-methyl/N-ethyl adjacent to an activating group) is 1. The maximum Gasteiger partial charge on any atom is 0.278 e. The molecular formula is C28H36N6O5S2. The van der Waals surface area contributed by atoms with E-state index >= 15 is 0 Å². The molecule has 1 amide bonds. The van der Waals surface area contributed by atoms with Crippen molar-refractivity contribution in [3.63, 3.8) is 0 Å². The highest BCUT2D eigenvalue weighted by Gasteiger charge is 2.31. The van der Waals surface area contributed by atoms with E-state index in [1.807, 2.05) is 25.2 Å². The van der Waals surface area contributed by atoms with Gasteiger partial charge in [-0.3, -0.25) is 15.1 Å². The molecule has 3 aromatic rings. The first-order valence-corrected chi connectivity index (χ1v) is 16.0. The van der Waals surface area contributed by atoms with E-state index in [9.17, 15) is 13.2 Å². The number of fused-ring (bicyclic) bond motifs is 1. The Balaban J connectivity index is 1.35. The van der Waals surface area contributed by atoms with E-state index in [0.29, 0.717) is 46.6 Å². The summed E-state index contributed by atoms with van der Waals surface area (Å²) in [5, 5.41) is 9.23. The Kier molecular flexibility index (Phi) is 8.60. The summed E-state index contributed by atoms with van der Waals surface area (Å²) in [6.07, 6.45) is 2.48. The van der Waals surface area contributed by atoms with E-state index in [0.717, 1.165) is 25.9 Å². The highest BCUT2D eigenvalue weighted by atomic mass is 32.2. The van der Waals surface area contributed by atoms with Crippen molar-refractivity contribution in [2.75, 3.05) is 52.3 Å². The van der Waals surface area contributed by atoms with Gasteiger partial charge in [0.2, 0.25) is 5.88 Å². The van der Waals surface area contributed by atoms with Gasteiger partial charge in [-0.25, -0.2) is 18.4 Å². The summed E-state index contributed by atoms with van der Waals surface area (Å²) in [6.45, 7) is 6.79. The molecule has 2 saturated heterocycles. The number of sulfone groups is 1. The van der Waals surface area contributed by atoms with Crippen molar-refractivity contribution in [1.82, 2.24) is 19.9 Å². The number of thiazole rings is 1. The summed E-state index contributed by atoms with van der Waals surface area (Å²) in [6, 6.07) is 9.94. The minimum Gasteiger partial charge on any atom is -0.476 e. The van der Waals surface area contributed by atoms with Gasteiger partial charge in [0.15, 0.2) is 20.7 Å². The number of hydrogen-bond donors (Lipinski definition) is 1. The van der Waals surface area contributed by atoms with Crippen LogP contribution in [-0.4, -0.2) is 97.7 Å². The molecule has 0 saturated carbocycles. The van der Waals surface area contributed by atoms with Crippen LogP contribution in [0.3, 0.4) is 0 Å². The van der Waals surface area contributed by atoms with Crippen LogP contribution in [0.5, 0.6) is 5.88 Å². The van der Waals surface area contributed by atoms with E-state index in [-0.39, 0.29) is 22.8 Å². The minimum atomic E-state index is -3.51. The molecule has 2 aliphatic rings. The third-order valence-electron chi connectivity index (χ3n) is 7.56. The fourth-order valence-corrected chi connectivity index (χ4v) is 6.81. The van der Waals surface area contributed by atoms with Gasteiger partial charge in [0.1, 0.15) is 17.0 Å². The molecule has 0 radical (unpaired) electrons. The molecule has 1 N–H and O–H groups in total. The lowest BCUT2D eigenvalue weighted by molar-refractivity contribution is -0.110. The van der Waals surface area contributed by atoms with Crippen molar-refractivity contribution >= 4 is 48.3 Å². The third kappa shape index (κ3) is 6.69. The summed E-state index contributed by atoms with van der Waals surface area (Å²) < 4.78 is 37.2. The Bertz CT molecular complexity index is 1520. The molecule has 11 nitrogen and oxygen atoms in total. The number of nitrogens with one attached hydrogen (secondary N) is 1. The highest BCUT2D eigenvalue weighted by molar-refractivity contribution is 7.92. The Morgan fingerprint density at radius 2 is 1.90 bits per heavy atom. The van der Waals surface area contributed by atoms with Crippen LogP contribution in [-0.2, 0) is 19.4 Å². The summed E-state index contributed by atoms with van der Waals surface area (Å²) in [4.78, 5) is 25.6. The standard InChI is InChI=1S/C28H36N6O5S2/c1-28(2,33(3)4)18-39-23-12-11-22-26(30-23)40-27(29-22)31-25(35)24(32-34-14-5-6-15-34)19-7-9-20(10-8-19)41(36,37)21-13-16-38-17-21/h7-12,21H,5-6,13-18H2,1-4H3,(H,29,31,35)/t21-/m0/s1. The number of nitrogens with zero attached hydrogens (tertiary/aromatic N) is 5. The number of carbonyl (C=O) groups is 1. The van der Waals surface area contributed by atoms with Crippen LogP contribution in [0.4, 0.5) is 5.13 Å². The second-order valence-electron chi connectivity index (χ2n) is 11.1. The van der Waals surface area contributed by atoms with Crippen LogP contribution in [0.2, 0.25) is 0 Å². The number of pyridine rings is 1. The molecule has 41 heavy (non-hydrogen) atoms. The van der Waals surface area contributed by atoms with E-state index in [1.165, 1.54) is 23.5 Å². The Morgan fingerprint density at radius 1 is 1.17 bits per heavy atom. The SMILES string of the molecule is CN(C)C(C)(C)COc1ccc2nc(NC(=O)C(=NN3CCCC3)c3ccc(S(=O)(=O)[C@H]4CCOC4)cc3)sc2n1. The maximum atomic E-state index is 13.5. The normalized spacial score (nSPS) is 18.4. The van der Waals surface area contributed by atoms with Crippen LogP contribution in [0.25, 0.3) is 10.3 Å². The molecule has 1 aromatic carbocycles. The Labute approximate surface area is 244 Å². The van der Waals surface area contributed by atoms with Crippen molar-refractivity contribution in [1.29, 1.82) is 0 Å². The van der Waals surface area contributed by atoms with E-state index in [4.69, 9.17) is 9.47 Å². The van der Waals surface area contributed by atoms with E-state index in [2.05, 4.69) is 39.1 Å². The maximum absolute atomic E-state index is 13.5. The molecule has 4 heterocycles. The molecule has 1 atom stereocenters. The number of aromatic nitrogens is 2. The molecule has 2 aromatic heterocycles. The zero-order valence-electron chi connectivity index (χ0n) is 23.8. The summed E-state index contributed by atoms with van der Waals surface area (Å²) >= 11 is 1.25. The van der Waals surface area contributed by atoms with Gasteiger partial charge in [0.05, 0.1) is 16.8 Å². The van der Waals surface area contributed by atoms with Gasteiger partial charge in [-0.2, -0.15) is 5.10 Å². The Hall–Kier alpha value is -3.13. The topological polar surface area (TPSA) is 126 Å². The summed E-state index contributed by atoms with van der Waals surface area (Å²) in [5.74, 6) is 0.0596. The monoisotopic (exact) mass is 600 g/mol. The van der Waals surface area contributed by atoms with Crippen LogP contribution in [0.15, 0.2) is 46.4 Å². The zero-order valence-corrected chi connectivity index (χ0v) is 25.4. The number of anilines is 1. The molecular weight excluding hydrogens is 564 g/mol. The van der Waals surface area contributed by atoms with E-state index < -0.39 is 21.0 Å². The van der Waals surface area contributed by atoms with Gasteiger partial charge in [-0.05, 0) is 65.4 Å².